The van der Waals surface area contributed by atoms with Crippen molar-refractivity contribution >= 4 is 22.4 Å². The van der Waals surface area contributed by atoms with Crippen molar-refractivity contribution in [2.75, 3.05) is 11.9 Å². The summed E-state index contributed by atoms with van der Waals surface area (Å²) < 4.78 is 57.8. The van der Waals surface area contributed by atoms with Crippen LogP contribution in [-0.4, -0.2) is 34.1 Å². The van der Waals surface area contributed by atoms with Crippen molar-refractivity contribution in [2.24, 2.45) is 10.9 Å². The van der Waals surface area contributed by atoms with Gasteiger partial charge in [-0.15, -0.1) is 0 Å². The molecule has 11 heteroatoms. The summed E-state index contributed by atoms with van der Waals surface area (Å²) in [5, 5.41) is 9.71. The summed E-state index contributed by atoms with van der Waals surface area (Å²) in [7, 11) is 0. The first-order valence-corrected chi connectivity index (χ1v) is 12.1. The lowest BCUT2D eigenvalue weighted by Gasteiger charge is -2.39. The quantitative estimate of drug-likeness (QED) is 0.512. The second-order valence-electron chi connectivity index (χ2n) is 9.08. The molecule has 1 aromatic heterocycles. The Morgan fingerprint density at radius 2 is 2.09 bits per heavy atom. The molecule has 2 fully saturated rings. The van der Waals surface area contributed by atoms with E-state index in [0.717, 1.165) is 29.6 Å². The number of rotatable bonds is 5. The van der Waals surface area contributed by atoms with Gasteiger partial charge in [0.1, 0.15) is 16.7 Å². The van der Waals surface area contributed by atoms with Crippen LogP contribution in [0.2, 0.25) is 0 Å². The summed E-state index contributed by atoms with van der Waals surface area (Å²) in [6, 6.07) is 4.91. The number of halogens is 4. The van der Waals surface area contributed by atoms with Gasteiger partial charge in [-0.05, 0) is 73.0 Å². The number of aliphatic imine (C=N–C) groups is 1. The van der Waals surface area contributed by atoms with E-state index in [-0.39, 0.29) is 23.8 Å². The van der Waals surface area contributed by atoms with E-state index in [4.69, 9.17) is 4.99 Å². The lowest BCUT2D eigenvalue weighted by molar-refractivity contribution is -0.137. The normalized spacial score (nSPS) is 28.0. The highest BCUT2D eigenvalue weighted by Crippen LogP contribution is 2.37. The second kappa shape index (κ2) is 8.94. The molecule has 1 aromatic carbocycles. The molecule has 34 heavy (non-hydrogen) atoms. The molecule has 1 aliphatic carbocycles. The fraction of sp³-hybridized carbons (Fsp3) is 0.478. The molecule has 4 atom stereocenters. The van der Waals surface area contributed by atoms with Crippen LogP contribution in [0.4, 0.5) is 22.6 Å². The summed E-state index contributed by atoms with van der Waals surface area (Å²) >= 11 is 1.42. The largest absolute Gasteiger partial charge is 0.416 e. The molecule has 0 spiro atoms. The molecule has 1 saturated heterocycles. The van der Waals surface area contributed by atoms with Crippen LogP contribution in [0.1, 0.15) is 48.9 Å². The van der Waals surface area contributed by atoms with E-state index in [1.54, 1.807) is 0 Å². The summed E-state index contributed by atoms with van der Waals surface area (Å²) in [6.07, 6.45) is -0.536. The van der Waals surface area contributed by atoms with E-state index in [1.807, 2.05) is 24.2 Å². The smallest absolute Gasteiger partial charge is 0.352 e. The number of amidine groups is 1. The molecule has 3 aliphatic rings. The Morgan fingerprint density at radius 3 is 2.76 bits per heavy atom. The number of alkyl halides is 3. The molecule has 2 aliphatic heterocycles. The topological polar surface area (TPSA) is 64.6 Å². The highest BCUT2D eigenvalue weighted by molar-refractivity contribution is 7.10. The number of fused-ring (bicyclic) bond motifs is 1. The van der Waals surface area contributed by atoms with Crippen molar-refractivity contribution in [1.82, 2.24) is 20.1 Å². The van der Waals surface area contributed by atoms with Gasteiger partial charge in [-0.1, -0.05) is 13.0 Å². The lowest BCUT2D eigenvalue weighted by atomic mass is 9.76. The number of anilines is 1. The zero-order valence-electron chi connectivity index (χ0n) is 18.8. The fourth-order valence-corrected chi connectivity index (χ4v) is 5.46. The van der Waals surface area contributed by atoms with Crippen molar-refractivity contribution in [1.29, 1.82) is 0 Å². The number of piperidine rings is 1. The highest BCUT2D eigenvalue weighted by Gasteiger charge is 2.39. The van der Waals surface area contributed by atoms with E-state index in [1.165, 1.54) is 23.2 Å². The van der Waals surface area contributed by atoms with Crippen LogP contribution in [-0.2, 0) is 6.18 Å². The van der Waals surface area contributed by atoms with Crippen molar-refractivity contribution in [2.45, 2.75) is 57.5 Å². The van der Waals surface area contributed by atoms with Gasteiger partial charge in [0, 0.05) is 24.7 Å². The molecular formula is C23H26F4N6S. The van der Waals surface area contributed by atoms with Gasteiger partial charge in [0.05, 0.1) is 11.3 Å². The van der Waals surface area contributed by atoms with Crippen LogP contribution in [0.3, 0.4) is 0 Å². The molecule has 0 bridgehead atoms. The SMILES string of the molecule is Cc1cc(N/C=C2\C(C)CC2NC2N=C3C(c4ccc(C(F)(F)F)cc4F)CCCN3N2)sn1. The monoisotopic (exact) mass is 494 g/mol. The van der Waals surface area contributed by atoms with Crippen molar-refractivity contribution < 1.29 is 17.6 Å². The van der Waals surface area contributed by atoms with Gasteiger partial charge < -0.3 is 5.32 Å². The van der Waals surface area contributed by atoms with Crippen LogP contribution >= 0.6 is 11.5 Å². The number of benzene rings is 1. The summed E-state index contributed by atoms with van der Waals surface area (Å²) in [6.45, 7) is 4.84. The molecule has 3 heterocycles. The first kappa shape index (κ1) is 23.3. The zero-order valence-corrected chi connectivity index (χ0v) is 19.6. The Morgan fingerprint density at radius 1 is 1.26 bits per heavy atom. The number of hydrazine groups is 1. The molecule has 0 amide bonds. The number of hydrogen-bond acceptors (Lipinski definition) is 7. The lowest BCUT2D eigenvalue weighted by Crippen LogP contribution is -2.54. The van der Waals surface area contributed by atoms with Crippen molar-refractivity contribution in [3.8, 4) is 0 Å². The van der Waals surface area contributed by atoms with Gasteiger partial charge in [-0.25, -0.2) is 9.38 Å². The molecular weight excluding hydrogens is 468 g/mol. The van der Waals surface area contributed by atoms with Crippen molar-refractivity contribution in [3.63, 3.8) is 0 Å². The Hall–Kier alpha value is -2.50. The minimum Gasteiger partial charge on any atom is -0.352 e. The highest BCUT2D eigenvalue weighted by atomic mass is 32.1. The second-order valence-corrected chi connectivity index (χ2v) is 9.88. The minimum atomic E-state index is -4.57. The summed E-state index contributed by atoms with van der Waals surface area (Å²) in [5.74, 6) is -0.131. The van der Waals surface area contributed by atoms with E-state index >= 15 is 0 Å². The van der Waals surface area contributed by atoms with Gasteiger partial charge in [-0.2, -0.15) is 23.0 Å². The molecule has 182 valence electrons. The Labute approximate surface area is 199 Å². The van der Waals surface area contributed by atoms with Gasteiger partial charge in [0.2, 0.25) is 0 Å². The number of hydrogen-bond donors (Lipinski definition) is 3. The third-order valence-corrected chi connectivity index (χ3v) is 7.45. The molecule has 1 saturated carbocycles. The van der Waals surface area contributed by atoms with Gasteiger partial charge in [0.15, 0.2) is 6.29 Å². The van der Waals surface area contributed by atoms with Gasteiger partial charge in [-0.3, -0.25) is 10.3 Å². The van der Waals surface area contributed by atoms with Crippen molar-refractivity contribution in [3.05, 3.63) is 58.7 Å². The summed E-state index contributed by atoms with van der Waals surface area (Å²) in [4.78, 5) is 4.76. The third-order valence-electron chi connectivity index (χ3n) is 6.63. The fourth-order valence-electron chi connectivity index (χ4n) is 4.83. The average Bonchev–Trinajstić information content (AvgIpc) is 3.38. The molecule has 2 aromatic rings. The van der Waals surface area contributed by atoms with Crippen LogP contribution in [0.15, 0.2) is 41.0 Å². The average molecular weight is 495 g/mol. The van der Waals surface area contributed by atoms with E-state index in [9.17, 15) is 17.6 Å². The standard InChI is InChI=1S/C23H26F4N6S/c1-12-8-19(17(12)11-28-20-9-13(2)32-34-20)29-22-30-21-16(4-3-7-33(21)31-22)15-6-5-14(10-18(15)24)23(25,26)27/h5-6,9-12,16,19,22,28-29,31H,3-4,7-8H2,1-2H3/b17-11+. The van der Waals surface area contributed by atoms with Gasteiger partial charge >= 0.3 is 6.18 Å². The van der Waals surface area contributed by atoms with Gasteiger partial charge in [0.25, 0.3) is 0 Å². The molecule has 5 rings (SSSR count). The third kappa shape index (κ3) is 4.56. The maximum Gasteiger partial charge on any atom is 0.416 e. The van der Waals surface area contributed by atoms with E-state index < -0.39 is 17.6 Å². The molecule has 4 unspecified atom stereocenters. The predicted octanol–water partition coefficient (Wildman–Crippen LogP) is 4.98. The Bertz CT molecular complexity index is 1130. The maximum atomic E-state index is 14.7. The number of nitrogens with one attached hydrogen (secondary N) is 3. The molecule has 0 radical (unpaired) electrons. The maximum absolute atomic E-state index is 14.7. The number of aryl methyl sites for hydroxylation is 1. The minimum absolute atomic E-state index is 0.140. The Balaban J connectivity index is 1.29. The number of nitrogens with zero attached hydrogens (tertiary/aromatic N) is 3. The first-order chi connectivity index (χ1) is 16.2. The summed E-state index contributed by atoms with van der Waals surface area (Å²) in [5.41, 5.74) is 4.81. The first-order valence-electron chi connectivity index (χ1n) is 11.3. The predicted molar refractivity (Wildman–Crippen MR) is 124 cm³/mol. The van der Waals surface area contributed by atoms with Crippen LogP contribution < -0.4 is 16.1 Å². The Kier molecular flexibility index (Phi) is 6.11. The zero-order chi connectivity index (χ0) is 24.0. The molecule has 3 N–H and O–H groups in total. The van der Waals surface area contributed by atoms with E-state index in [0.29, 0.717) is 30.8 Å². The van der Waals surface area contributed by atoms with E-state index in [2.05, 4.69) is 27.4 Å². The van der Waals surface area contributed by atoms with Crippen LogP contribution in [0, 0.1) is 18.7 Å². The molecule has 6 nitrogen and oxygen atoms in total. The van der Waals surface area contributed by atoms with Crippen LogP contribution in [0.5, 0.6) is 0 Å². The number of aromatic nitrogens is 1. The van der Waals surface area contributed by atoms with Crippen LogP contribution in [0.25, 0.3) is 0 Å².